The van der Waals surface area contributed by atoms with Gasteiger partial charge in [0.1, 0.15) is 0 Å². The first-order chi connectivity index (χ1) is 6.71. The summed E-state index contributed by atoms with van der Waals surface area (Å²) in [5.41, 5.74) is 8.40. The summed E-state index contributed by atoms with van der Waals surface area (Å²) in [6, 6.07) is 0. The molecular formula is C11H18N2S. The first-order valence-electron chi connectivity index (χ1n) is 5.37. The van der Waals surface area contributed by atoms with Gasteiger partial charge in [-0.25, -0.2) is 0 Å². The number of aromatic nitrogens is 1. The molecule has 14 heavy (non-hydrogen) atoms. The standard InChI is InChI=1S/C11H18N2S/c1-9-4-2-3-5-11(9,12)6-10-7-13-8-14-10/h7-9H,2-6,12H2,1H3. The lowest BCUT2D eigenvalue weighted by molar-refractivity contribution is 0.205. The summed E-state index contributed by atoms with van der Waals surface area (Å²) in [7, 11) is 0. The Kier molecular flexibility index (Phi) is 2.88. The van der Waals surface area contributed by atoms with Crippen molar-refractivity contribution in [1.82, 2.24) is 4.98 Å². The highest BCUT2D eigenvalue weighted by Gasteiger charge is 2.34. The van der Waals surface area contributed by atoms with Crippen LogP contribution in [0.2, 0.25) is 0 Å². The Morgan fingerprint density at radius 2 is 2.50 bits per heavy atom. The molecule has 2 N–H and O–H groups in total. The van der Waals surface area contributed by atoms with E-state index in [0.29, 0.717) is 5.92 Å². The summed E-state index contributed by atoms with van der Waals surface area (Å²) in [5.74, 6) is 0.651. The molecule has 0 saturated heterocycles. The summed E-state index contributed by atoms with van der Waals surface area (Å²) in [5, 5.41) is 0. The zero-order valence-electron chi connectivity index (χ0n) is 8.70. The van der Waals surface area contributed by atoms with Crippen molar-refractivity contribution < 1.29 is 0 Å². The molecule has 0 radical (unpaired) electrons. The number of nitrogens with two attached hydrogens (primary N) is 1. The molecule has 2 atom stereocenters. The highest BCUT2D eigenvalue weighted by molar-refractivity contribution is 7.09. The van der Waals surface area contributed by atoms with Gasteiger partial charge in [0.2, 0.25) is 0 Å². The van der Waals surface area contributed by atoms with Crippen LogP contribution < -0.4 is 5.73 Å². The second-order valence-electron chi connectivity index (χ2n) is 4.52. The van der Waals surface area contributed by atoms with Gasteiger partial charge in [-0.05, 0) is 18.8 Å². The Bertz CT molecular complexity index is 283. The van der Waals surface area contributed by atoms with Crippen molar-refractivity contribution in [1.29, 1.82) is 0 Å². The topological polar surface area (TPSA) is 38.9 Å². The van der Waals surface area contributed by atoms with Crippen molar-refractivity contribution in [3.63, 3.8) is 0 Å². The van der Waals surface area contributed by atoms with Crippen molar-refractivity contribution in [2.45, 2.75) is 44.6 Å². The second kappa shape index (κ2) is 3.99. The van der Waals surface area contributed by atoms with Crippen LogP contribution in [0.3, 0.4) is 0 Å². The van der Waals surface area contributed by atoms with E-state index in [4.69, 9.17) is 5.73 Å². The van der Waals surface area contributed by atoms with E-state index in [9.17, 15) is 0 Å². The number of nitrogens with zero attached hydrogens (tertiary/aromatic N) is 1. The van der Waals surface area contributed by atoms with Gasteiger partial charge < -0.3 is 5.73 Å². The third-order valence-electron chi connectivity index (χ3n) is 3.50. The lowest BCUT2D eigenvalue weighted by Gasteiger charge is -2.39. The monoisotopic (exact) mass is 210 g/mol. The maximum Gasteiger partial charge on any atom is 0.0794 e. The van der Waals surface area contributed by atoms with E-state index >= 15 is 0 Å². The van der Waals surface area contributed by atoms with Gasteiger partial charge in [-0.15, -0.1) is 11.3 Å². The number of rotatable bonds is 2. The number of hydrogen-bond acceptors (Lipinski definition) is 3. The molecular weight excluding hydrogens is 192 g/mol. The highest BCUT2D eigenvalue weighted by atomic mass is 32.1. The van der Waals surface area contributed by atoms with Crippen molar-refractivity contribution in [2.75, 3.05) is 0 Å². The molecule has 2 nitrogen and oxygen atoms in total. The molecule has 2 rings (SSSR count). The minimum atomic E-state index is 0.0325. The molecule has 0 bridgehead atoms. The lowest BCUT2D eigenvalue weighted by atomic mass is 9.72. The molecule has 0 aromatic carbocycles. The SMILES string of the molecule is CC1CCCCC1(N)Cc1cncs1. The number of thiazole rings is 1. The van der Waals surface area contributed by atoms with Gasteiger partial charge >= 0.3 is 0 Å². The summed E-state index contributed by atoms with van der Waals surface area (Å²) in [6.45, 7) is 2.29. The zero-order valence-corrected chi connectivity index (χ0v) is 9.52. The van der Waals surface area contributed by atoms with E-state index in [2.05, 4.69) is 11.9 Å². The van der Waals surface area contributed by atoms with Crippen LogP contribution in [-0.4, -0.2) is 10.5 Å². The third kappa shape index (κ3) is 1.98. The molecule has 2 unspecified atom stereocenters. The Balaban J connectivity index is 2.07. The maximum absolute atomic E-state index is 6.47. The fourth-order valence-electron chi connectivity index (χ4n) is 2.35. The van der Waals surface area contributed by atoms with E-state index < -0.39 is 0 Å². The van der Waals surface area contributed by atoms with Crippen LogP contribution in [0.15, 0.2) is 11.7 Å². The third-order valence-corrected chi connectivity index (χ3v) is 4.28. The minimum absolute atomic E-state index is 0.0325. The molecule has 1 fully saturated rings. The van der Waals surface area contributed by atoms with Gasteiger partial charge in [0.15, 0.2) is 0 Å². The first kappa shape index (κ1) is 10.1. The zero-order chi connectivity index (χ0) is 10.0. The molecule has 1 saturated carbocycles. The van der Waals surface area contributed by atoms with Crippen LogP contribution in [0.25, 0.3) is 0 Å². The van der Waals surface area contributed by atoms with Crippen LogP contribution in [-0.2, 0) is 6.42 Å². The number of hydrogen-bond donors (Lipinski definition) is 1. The molecule has 1 heterocycles. The van der Waals surface area contributed by atoms with Crippen LogP contribution in [0.1, 0.15) is 37.5 Å². The molecule has 0 spiro atoms. The lowest BCUT2D eigenvalue weighted by Crippen LogP contribution is -2.49. The second-order valence-corrected chi connectivity index (χ2v) is 5.50. The Hall–Kier alpha value is -0.410. The Labute approximate surface area is 89.5 Å². The molecule has 1 aliphatic rings. The summed E-state index contributed by atoms with van der Waals surface area (Å²) < 4.78 is 0. The molecule has 1 aliphatic carbocycles. The molecule has 0 amide bonds. The van der Waals surface area contributed by atoms with E-state index in [0.717, 1.165) is 6.42 Å². The van der Waals surface area contributed by atoms with E-state index in [1.807, 2.05) is 11.7 Å². The molecule has 1 aromatic heterocycles. The summed E-state index contributed by atoms with van der Waals surface area (Å²) >= 11 is 1.73. The molecule has 0 aliphatic heterocycles. The van der Waals surface area contributed by atoms with Crippen molar-refractivity contribution in [3.8, 4) is 0 Å². The van der Waals surface area contributed by atoms with Gasteiger partial charge in [0.05, 0.1) is 5.51 Å². The van der Waals surface area contributed by atoms with Crippen LogP contribution >= 0.6 is 11.3 Å². The van der Waals surface area contributed by atoms with Gasteiger partial charge in [-0.2, -0.15) is 0 Å². The predicted octanol–water partition coefficient (Wildman–Crippen LogP) is 2.59. The molecule has 3 heteroatoms. The fourth-order valence-corrected chi connectivity index (χ4v) is 3.09. The van der Waals surface area contributed by atoms with E-state index in [-0.39, 0.29) is 5.54 Å². The molecule has 78 valence electrons. The van der Waals surface area contributed by atoms with Gasteiger partial charge in [0, 0.05) is 23.0 Å². The quantitative estimate of drug-likeness (QED) is 0.815. The van der Waals surface area contributed by atoms with Crippen molar-refractivity contribution >= 4 is 11.3 Å². The molecule has 1 aromatic rings. The van der Waals surface area contributed by atoms with Crippen molar-refractivity contribution in [3.05, 3.63) is 16.6 Å². The van der Waals surface area contributed by atoms with Gasteiger partial charge in [-0.3, -0.25) is 4.98 Å². The predicted molar refractivity (Wildman–Crippen MR) is 60.4 cm³/mol. The normalized spacial score (nSPS) is 33.1. The average Bonchev–Trinajstić information content (AvgIpc) is 2.63. The van der Waals surface area contributed by atoms with Gasteiger partial charge in [-0.1, -0.05) is 19.8 Å². The Morgan fingerprint density at radius 3 is 3.14 bits per heavy atom. The van der Waals surface area contributed by atoms with E-state index in [1.165, 1.54) is 30.6 Å². The Morgan fingerprint density at radius 1 is 1.64 bits per heavy atom. The fraction of sp³-hybridized carbons (Fsp3) is 0.727. The average molecular weight is 210 g/mol. The van der Waals surface area contributed by atoms with Crippen LogP contribution in [0, 0.1) is 5.92 Å². The highest BCUT2D eigenvalue weighted by Crippen LogP contribution is 2.34. The summed E-state index contributed by atoms with van der Waals surface area (Å²) in [4.78, 5) is 5.44. The summed E-state index contributed by atoms with van der Waals surface area (Å²) in [6.07, 6.45) is 8.07. The van der Waals surface area contributed by atoms with Crippen molar-refractivity contribution in [2.24, 2.45) is 11.7 Å². The van der Waals surface area contributed by atoms with Crippen LogP contribution in [0.4, 0.5) is 0 Å². The minimum Gasteiger partial charge on any atom is -0.325 e. The first-order valence-corrected chi connectivity index (χ1v) is 6.25. The smallest absolute Gasteiger partial charge is 0.0794 e. The van der Waals surface area contributed by atoms with E-state index in [1.54, 1.807) is 11.3 Å². The largest absolute Gasteiger partial charge is 0.325 e. The van der Waals surface area contributed by atoms with Crippen LogP contribution in [0.5, 0.6) is 0 Å². The van der Waals surface area contributed by atoms with Gasteiger partial charge in [0.25, 0.3) is 0 Å². The maximum atomic E-state index is 6.47.